The molecule has 0 saturated carbocycles. The van der Waals surface area contributed by atoms with Gasteiger partial charge in [0.05, 0.1) is 5.41 Å². The summed E-state index contributed by atoms with van der Waals surface area (Å²) < 4.78 is 40.6. The number of hydrogen-bond acceptors (Lipinski definition) is 3. The molecule has 0 radical (unpaired) electrons. The van der Waals surface area contributed by atoms with Gasteiger partial charge in [0.25, 0.3) is 0 Å². The minimum atomic E-state index is -0.931. The molecule has 6 nitrogen and oxygen atoms in total. The molecule has 3 aromatic rings. The number of halogens is 3. The fourth-order valence-electron chi connectivity index (χ4n) is 5.50. The van der Waals surface area contributed by atoms with E-state index in [0.717, 1.165) is 5.69 Å². The van der Waals surface area contributed by atoms with Crippen molar-refractivity contribution in [2.75, 3.05) is 44.2 Å². The zero-order valence-electron chi connectivity index (χ0n) is 21.6. The van der Waals surface area contributed by atoms with Crippen molar-refractivity contribution >= 4 is 17.6 Å². The normalized spacial score (nSPS) is 17.2. The summed E-state index contributed by atoms with van der Waals surface area (Å²) in [6, 6.07) is 18.3. The molecule has 0 aromatic heterocycles. The quantitative estimate of drug-likeness (QED) is 0.515. The van der Waals surface area contributed by atoms with Crippen molar-refractivity contribution in [3.05, 3.63) is 101 Å². The number of likely N-dealkylation sites (tertiary alicyclic amines) is 1. The maximum atomic E-state index is 13.7. The molecule has 9 heteroatoms. The summed E-state index contributed by atoms with van der Waals surface area (Å²) in [6.07, 6.45) is 0.768. The summed E-state index contributed by atoms with van der Waals surface area (Å²) >= 11 is 0. The Morgan fingerprint density at radius 1 is 0.718 bits per heavy atom. The second kappa shape index (κ2) is 11.4. The van der Waals surface area contributed by atoms with E-state index >= 15 is 0 Å². The number of carbonyl (C=O) groups excluding carboxylic acids is 2. The van der Waals surface area contributed by atoms with Crippen molar-refractivity contribution in [3.63, 3.8) is 0 Å². The molecule has 5 rings (SSSR count). The Balaban J connectivity index is 1.23. The van der Waals surface area contributed by atoms with E-state index in [0.29, 0.717) is 63.2 Å². The SMILES string of the molecule is O=C(N1CCN(c2ccc(F)cc2)CC1)N1CCC(C(=O)NCc2cccc(F)c2)(c2ccc(F)cc2)CC1. The van der Waals surface area contributed by atoms with Crippen LogP contribution in [0.2, 0.25) is 0 Å². The Labute approximate surface area is 226 Å². The fourth-order valence-corrected chi connectivity index (χ4v) is 5.50. The average molecular weight is 537 g/mol. The summed E-state index contributed by atoms with van der Waals surface area (Å²) in [5.74, 6) is -1.27. The summed E-state index contributed by atoms with van der Waals surface area (Å²) in [6.45, 7) is 3.30. The van der Waals surface area contributed by atoms with Crippen LogP contribution >= 0.6 is 0 Å². The predicted octanol–water partition coefficient (Wildman–Crippen LogP) is 4.70. The highest BCUT2D eigenvalue weighted by Crippen LogP contribution is 2.36. The standard InChI is InChI=1S/C30H31F3N4O2/c31-24-6-4-23(5-7-24)30(28(38)34-21-22-2-1-3-26(33)20-22)12-14-36(15-13-30)29(39)37-18-16-35(17-19-37)27-10-8-25(32)9-11-27/h1-11,20H,12-19,21H2,(H,34,38). The highest BCUT2D eigenvalue weighted by Gasteiger charge is 2.44. The molecule has 0 bridgehead atoms. The van der Waals surface area contributed by atoms with Gasteiger partial charge < -0.3 is 20.0 Å². The highest BCUT2D eigenvalue weighted by atomic mass is 19.1. The zero-order chi connectivity index (χ0) is 27.4. The van der Waals surface area contributed by atoms with Crippen LogP contribution in [0.25, 0.3) is 0 Å². The number of urea groups is 1. The van der Waals surface area contributed by atoms with Gasteiger partial charge in [-0.15, -0.1) is 0 Å². The van der Waals surface area contributed by atoms with Crippen LogP contribution in [0.4, 0.5) is 23.7 Å². The lowest BCUT2D eigenvalue weighted by atomic mass is 9.72. The van der Waals surface area contributed by atoms with Crippen LogP contribution in [0.15, 0.2) is 72.8 Å². The van der Waals surface area contributed by atoms with Crippen molar-refractivity contribution in [2.24, 2.45) is 0 Å². The predicted molar refractivity (Wildman–Crippen MR) is 143 cm³/mol. The number of anilines is 1. The van der Waals surface area contributed by atoms with E-state index in [-0.39, 0.29) is 35.9 Å². The molecule has 2 heterocycles. The number of piperazine rings is 1. The molecule has 3 amide bonds. The monoisotopic (exact) mass is 536 g/mol. The van der Waals surface area contributed by atoms with Gasteiger partial charge in [-0.2, -0.15) is 0 Å². The van der Waals surface area contributed by atoms with Gasteiger partial charge in [-0.25, -0.2) is 18.0 Å². The van der Waals surface area contributed by atoms with Gasteiger partial charge in [0.15, 0.2) is 0 Å². The lowest BCUT2D eigenvalue weighted by Gasteiger charge is -2.44. The van der Waals surface area contributed by atoms with Gasteiger partial charge in [0, 0.05) is 51.5 Å². The van der Waals surface area contributed by atoms with E-state index in [1.807, 2.05) is 4.90 Å². The molecule has 0 atom stereocenters. The number of benzene rings is 3. The van der Waals surface area contributed by atoms with E-state index in [1.165, 1.54) is 36.4 Å². The van der Waals surface area contributed by atoms with Crippen LogP contribution in [0, 0.1) is 17.5 Å². The minimum absolute atomic E-state index is 0.0679. The van der Waals surface area contributed by atoms with Crippen molar-refractivity contribution < 1.29 is 22.8 Å². The van der Waals surface area contributed by atoms with Gasteiger partial charge in [-0.1, -0.05) is 24.3 Å². The Bertz CT molecular complexity index is 1300. The van der Waals surface area contributed by atoms with E-state index in [9.17, 15) is 22.8 Å². The van der Waals surface area contributed by atoms with E-state index < -0.39 is 5.41 Å². The number of nitrogens with zero attached hydrogens (tertiary/aromatic N) is 3. The molecule has 39 heavy (non-hydrogen) atoms. The Hall–Kier alpha value is -4.01. The number of hydrogen-bond donors (Lipinski definition) is 1. The number of piperidine rings is 1. The van der Waals surface area contributed by atoms with Gasteiger partial charge >= 0.3 is 6.03 Å². The smallest absolute Gasteiger partial charge is 0.320 e. The molecule has 1 N–H and O–H groups in total. The van der Waals surface area contributed by atoms with Crippen molar-refractivity contribution in [1.82, 2.24) is 15.1 Å². The molecule has 0 unspecified atom stereocenters. The van der Waals surface area contributed by atoms with Crippen molar-refractivity contribution in [2.45, 2.75) is 24.8 Å². The molecule has 0 aliphatic carbocycles. The molecule has 2 aliphatic rings. The summed E-state index contributed by atoms with van der Waals surface area (Å²) in [5, 5.41) is 2.94. The maximum absolute atomic E-state index is 13.7. The lowest BCUT2D eigenvalue weighted by Crippen LogP contribution is -2.57. The van der Waals surface area contributed by atoms with Crippen LogP contribution in [-0.4, -0.2) is 61.0 Å². The number of carbonyl (C=O) groups is 2. The van der Waals surface area contributed by atoms with Crippen molar-refractivity contribution in [3.8, 4) is 0 Å². The molecule has 3 aromatic carbocycles. The van der Waals surface area contributed by atoms with E-state index in [2.05, 4.69) is 10.2 Å². The summed E-state index contributed by atoms with van der Waals surface area (Å²) in [4.78, 5) is 32.7. The van der Waals surface area contributed by atoms with Crippen LogP contribution in [0.1, 0.15) is 24.0 Å². The Morgan fingerprint density at radius 3 is 1.92 bits per heavy atom. The second-order valence-corrected chi connectivity index (χ2v) is 10.1. The number of rotatable bonds is 5. The van der Waals surface area contributed by atoms with E-state index in [1.54, 1.807) is 41.3 Å². The molecule has 2 aliphatic heterocycles. The van der Waals surface area contributed by atoms with Crippen LogP contribution < -0.4 is 10.2 Å². The third-order valence-electron chi connectivity index (χ3n) is 7.80. The van der Waals surface area contributed by atoms with Crippen LogP contribution in [-0.2, 0) is 16.8 Å². The number of nitrogens with one attached hydrogen (secondary N) is 1. The van der Waals surface area contributed by atoms with Gasteiger partial charge in [0.2, 0.25) is 5.91 Å². The topological polar surface area (TPSA) is 55.9 Å². The third kappa shape index (κ3) is 5.87. The molecule has 0 spiro atoms. The Kier molecular flexibility index (Phi) is 7.77. The van der Waals surface area contributed by atoms with Crippen molar-refractivity contribution in [1.29, 1.82) is 0 Å². The molecular formula is C30H31F3N4O2. The average Bonchev–Trinajstić information content (AvgIpc) is 2.96. The van der Waals surface area contributed by atoms with Crippen LogP contribution in [0.5, 0.6) is 0 Å². The highest BCUT2D eigenvalue weighted by molar-refractivity contribution is 5.89. The molecule has 2 saturated heterocycles. The lowest BCUT2D eigenvalue weighted by molar-refractivity contribution is -0.128. The summed E-state index contributed by atoms with van der Waals surface area (Å²) in [7, 11) is 0. The second-order valence-electron chi connectivity index (χ2n) is 10.1. The fraction of sp³-hybridized carbons (Fsp3) is 0.333. The first-order valence-electron chi connectivity index (χ1n) is 13.2. The Morgan fingerprint density at radius 2 is 1.31 bits per heavy atom. The molecular weight excluding hydrogens is 505 g/mol. The molecule has 204 valence electrons. The van der Waals surface area contributed by atoms with Gasteiger partial charge in [-0.3, -0.25) is 4.79 Å². The first-order valence-corrected chi connectivity index (χ1v) is 13.2. The molecule has 2 fully saturated rings. The minimum Gasteiger partial charge on any atom is -0.368 e. The first kappa shape index (κ1) is 26.6. The first-order chi connectivity index (χ1) is 18.8. The summed E-state index contributed by atoms with van der Waals surface area (Å²) in [5.41, 5.74) is 1.33. The van der Waals surface area contributed by atoms with E-state index in [4.69, 9.17) is 0 Å². The number of amides is 3. The van der Waals surface area contributed by atoms with Gasteiger partial charge in [0.1, 0.15) is 17.5 Å². The zero-order valence-corrected chi connectivity index (χ0v) is 21.6. The largest absolute Gasteiger partial charge is 0.368 e. The van der Waals surface area contributed by atoms with Crippen LogP contribution in [0.3, 0.4) is 0 Å². The maximum Gasteiger partial charge on any atom is 0.320 e. The van der Waals surface area contributed by atoms with Gasteiger partial charge in [-0.05, 0) is 72.5 Å². The third-order valence-corrected chi connectivity index (χ3v) is 7.80.